The van der Waals surface area contributed by atoms with Gasteiger partial charge in [0.15, 0.2) is 0 Å². The van der Waals surface area contributed by atoms with E-state index in [1.54, 1.807) is 4.90 Å². The van der Waals surface area contributed by atoms with E-state index in [0.717, 1.165) is 45.1 Å². The maximum Gasteiger partial charge on any atom is 0.320 e. The number of halogens is 3. The van der Waals surface area contributed by atoms with Crippen LogP contribution in [0.1, 0.15) is 65.2 Å². The number of rotatable bonds is 4. The molecule has 0 spiro atoms. The lowest BCUT2D eigenvalue weighted by Crippen LogP contribution is -2.80. The second-order valence-corrected chi connectivity index (χ2v) is 14.9. The fourth-order valence-corrected chi connectivity index (χ4v) is 10.2. The van der Waals surface area contributed by atoms with E-state index in [1.807, 2.05) is 4.90 Å². The van der Waals surface area contributed by atoms with Crippen molar-refractivity contribution >= 4 is 11.9 Å². The number of piperidine rings is 2. The third kappa shape index (κ3) is 5.59. The summed E-state index contributed by atoms with van der Waals surface area (Å²) in [5, 5.41) is 10.7. The number of nitrogens with one attached hydrogen (secondary N) is 3. The maximum atomic E-state index is 16.5. The van der Waals surface area contributed by atoms with E-state index in [4.69, 9.17) is 4.74 Å². The monoisotopic (exact) mass is 636 g/mol. The lowest BCUT2D eigenvalue weighted by atomic mass is 9.72. The highest BCUT2D eigenvalue weighted by molar-refractivity contribution is 5.88. The normalized spacial score (nSPS) is 45.6. The van der Waals surface area contributed by atoms with Crippen molar-refractivity contribution in [2.24, 2.45) is 23.7 Å². The Morgan fingerprint density at radius 3 is 2.71 bits per heavy atom. The van der Waals surface area contributed by atoms with E-state index >= 15 is 8.78 Å². The smallest absolute Gasteiger partial charge is 0.320 e. The van der Waals surface area contributed by atoms with Gasteiger partial charge in [0, 0.05) is 55.7 Å². The van der Waals surface area contributed by atoms with Gasteiger partial charge >= 0.3 is 6.03 Å². The van der Waals surface area contributed by atoms with Gasteiger partial charge in [0.1, 0.15) is 19.0 Å². The van der Waals surface area contributed by atoms with E-state index in [9.17, 15) is 14.0 Å². The highest BCUT2D eigenvalue weighted by Crippen LogP contribution is 2.45. The van der Waals surface area contributed by atoms with E-state index in [2.05, 4.69) is 34.7 Å². The predicted octanol–water partition coefficient (Wildman–Crippen LogP) is 3.11. The summed E-state index contributed by atoms with van der Waals surface area (Å²) in [5.41, 5.74) is 0. The molecule has 45 heavy (non-hydrogen) atoms. The van der Waals surface area contributed by atoms with Crippen LogP contribution in [-0.2, 0) is 9.53 Å². The Hall–Kier alpha value is -1.89. The molecule has 0 aromatic rings. The number of ether oxygens (including phenoxy) is 1. The van der Waals surface area contributed by atoms with Crippen molar-refractivity contribution in [3.63, 3.8) is 0 Å². The Morgan fingerprint density at radius 1 is 1.07 bits per heavy atom. The van der Waals surface area contributed by atoms with Gasteiger partial charge in [-0.3, -0.25) is 15.0 Å². The second kappa shape index (κ2) is 13.0. The average molecular weight is 637 g/mol. The maximum absolute atomic E-state index is 16.5. The van der Waals surface area contributed by atoms with Crippen molar-refractivity contribution in [2.45, 2.75) is 126 Å². The molecular formula is C33H51F3N6O3. The van der Waals surface area contributed by atoms with Crippen LogP contribution in [0.15, 0.2) is 12.2 Å². The zero-order valence-electron chi connectivity index (χ0n) is 26.6. The minimum Gasteiger partial charge on any atom is -0.378 e. The summed E-state index contributed by atoms with van der Waals surface area (Å²) in [4.78, 5) is 33.1. The van der Waals surface area contributed by atoms with Crippen LogP contribution in [0.5, 0.6) is 0 Å². The van der Waals surface area contributed by atoms with Crippen LogP contribution in [0.25, 0.3) is 0 Å². The number of alkyl halides is 3. The van der Waals surface area contributed by atoms with Crippen molar-refractivity contribution in [1.82, 2.24) is 30.7 Å². The molecule has 6 saturated heterocycles. The minimum atomic E-state index is -1.29. The van der Waals surface area contributed by atoms with Gasteiger partial charge in [-0.25, -0.2) is 18.0 Å². The molecule has 2 bridgehead atoms. The van der Waals surface area contributed by atoms with Crippen LogP contribution in [0.3, 0.4) is 0 Å². The molecule has 12 heteroatoms. The van der Waals surface area contributed by atoms with Crippen molar-refractivity contribution in [1.29, 1.82) is 0 Å². The third-order valence-electron chi connectivity index (χ3n) is 12.3. The molecule has 9 nitrogen and oxygen atoms in total. The summed E-state index contributed by atoms with van der Waals surface area (Å²) in [6.45, 7) is 6.28. The highest BCUT2D eigenvalue weighted by Gasteiger charge is 2.60. The summed E-state index contributed by atoms with van der Waals surface area (Å²) in [6, 6.07) is -0.868. The lowest BCUT2D eigenvalue weighted by molar-refractivity contribution is -0.141. The standard InChI is InChI=1S/C33H51F3N6O3/c1-18(2)28-30-19(10-13-37-28)6-5-15-45-25-8-3-7-21(35)27(25)29-22(36)16-20-31(39-33(44)42(30)32(20)38-29)40-14-11-23-24(40)17-41(23)26(43)9-4-12-34/h4,9,18-25,27-32,37-38H,3,5-8,10-17H2,1-2H3,(H,39,44)/b9-4+. The molecule has 13 unspecified atom stereocenters. The number of urea groups is 1. The molecule has 7 fully saturated rings. The zero-order valence-corrected chi connectivity index (χ0v) is 26.6. The molecule has 6 aliphatic heterocycles. The summed E-state index contributed by atoms with van der Waals surface area (Å²) in [5.74, 6) is -0.505. The number of fused-ring (bicyclic) bond motifs is 6. The molecule has 3 amide bonds. The Balaban J connectivity index is 1.22. The summed E-state index contributed by atoms with van der Waals surface area (Å²) >= 11 is 0. The fourth-order valence-electron chi connectivity index (χ4n) is 10.2. The molecular weight excluding hydrogens is 585 g/mol. The van der Waals surface area contributed by atoms with Crippen LogP contribution < -0.4 is 16.0 Å². The van der Waals surface area contributed by atoms with Crippen molar-refractivity contribution in [3.05, 3.63) is 12.2 Å². The number of likely N-dealkylation sites (tertiary alicyclic amines) is 2. The first-order valence-corrected chi connectivity index (χ1v) is 17.5. The SMILES string of the molecule is CC(C)C1NCCC2CCCOC3CCCC(F)C3C3NC4C(CC3F)C(N3CCC5C3CN5C(=O)/C=C/CF)NC(=O)N4C21. The van der Waals surface area contributed by atoms with Crippen molar-refractivity contribution in [2.75, 3.05) is 32.9 Å². The third-order valence-corrected chi connectivity index (χ3v) is 12.3. The summed E-state index contributed by atoms with van der Waals surface area (Å²) in [6.07, 6.45) is 4.44. The molecule has 7 rings (SSSR count). The molecule has 0 radical (unpaired) electrons. The molecule has 252 valence electrons. The Labute approximate surface area is 265 Å². The topological polar surface area (TPSA) is 89.2 Å². The number of nitrogens with zero attached hydrogens (tertiary/aromatic N) is 3. The first-order valence-electron chi connectivity index (χ1n) is 17.5. The number of allylic oxidation sites excluding steroid dienone is 1. The zero-order chi connectivity index (χ0) is 31.4. The van der Waals surface area contributed by atoms with Gasteiger partial charge in [-0.1, -0.05) is 13.8 Å². The Morgan fingerprint density at radius 2 is 1.91 bits per heavy atom. The lowest BCUT2D eigenvalue weighted by Gasteiger charge is -2.60. The Bertz CT molecular complexity index is 1130. The van der Waals surface area contributed by atoms with E-state index in [-0.39, 0.29) is 66.4 Å². The quantitative estimate of drug-likeness (QED) is 0.412. The number of amides is 3. The molecule has 6 heterocycles. The van der Waals surface area contributed by atoms with Crippen molar-refractivity contribution in [3.8, 4) is 0 Å². The summed E-state index contributed by atoms with van der Waals surface area (Å²) < 4.78 is 51.3. The molecule has 0 aromatic carbocycles. The van der Waals surface area contributed by atoms with Gasteiger partial charge in [-0.15, -0.1) is 0 Å². The van der Waals surface area contributed by atoms with Gasteiger partial charge in [0.25, 0.3) is 0 Å². The van der Waals surface area contributed by atoms with Crippen LogP contribution in [-0.4, -0.2) is 121 Å². The second-order valence-electron chi connectivity index (χ2n) is 14.9. The van der Waals surface area contributed by atoms with Gasteiger partial charge in [0.2, 0.25) is 5.91 Å². The number of carbonyl (C=O) groups is 2. The van der Waals surface area contributed by atoms with Crippen molar-refractivity contribution < 1.29 is 27.5 Å². The number of carbonyl (C=O) groups excluding carboxylic acids is 2. The van der Waals surface area contributed by atoms with Gasteiger partial charge in [-0.2, -0.15) is 0 Å². The molecule has 7 aliphatic rings. The van der Waals surface area contributed by atoms with Crippen LogP contribution in [0, 0.1) is 23.7 Å². The van der Waals surface area contributed by atoms with Crippen LogP contribution in [0.4, 0.5) is 18.0 Å². The molecule has 0 aromatic heterocycles. The first kappa shape index (κ1) is 31.7. The van der Waals surface area contributed by atoms with Gasteiger partial charge in [-0.05, 0) is 75.8 Å². The predicted molar refractivity (Wildman–Crippen MR) is 163 cm³/mol. The number of hydrogen-bond donors (Lipinski definition) is 3. The first-order chi connectivity index (χ1) is 21.8. The fraction of sp³-hybridized carbons (Fsp3) is 0.879. The number of hydrogen-bond acceptors (Lipinski definition) is 6. The molecule has 13 atom stereocenters. The van der Waals surface area contributed by atoms with E-state index < -0.39 is 43.3 Å². The molecule has 1 aliphatic carbocycles. The minimum absolute atomic E-state index is 0.0110. The summed E-state index contributed by atoms with van der Waals surface area (Å²) in [7, 11) is 0. The van der Waals surface area contributed by atoms with Gasteiger partial charge < -0.3 is 25.2 Å². The molecule has 3 N–H and O–H groups in total. The largest absolute Gasteiger partial charge is 0.378 e. The highest BCUT2D eigenvalue weighted by atomic mass is 19.1. The van der Waals surface area contributed by atoms with Crippen LogP contribution in [0.2, 0.25) is 0 Å². The van der Waals surface area contributed by atoms with Crippen LogP contribution >= 0.6 is 0 Å². The van der Waals surface area contributed by atoms with Gasteiger partial charge in [0.05, 0.1) is 30.5 Å². The Kier molecular flexibility index (Phi) is 9.13. The van der Waals surface area contributed by atoms with E-state index in [0.29, 0.717) is 26.1 Å². The molecule has 1 saturated carbocycles. The average Bonchev–Trinajstić information content (AvgIpc) is 3.32. The van der Waals surface area contributed by atoms with E-state index in [1.165, 1.54) is 12.2 Å².